The van der Waals surface area contributed by atoms with Crippen molar-refractivity contribution in [3.63, 3.8) is 0 Å². The van der Waals surface area contributed by atoms with Gasteiger partial charge in [0.25, 0.3) is 0 Å². The fraction of sp³-hybridized carbons (Fsp3) is 0.533. The molecular weight excluding hydrogens is 210 g/mol. The van der Waals surface area contributed by atoms with Crippen LogP contribution in [0, 0.1) is 20.8 Å². The van der Waals surface area contributed by atoms with Crippen LogP contribution in [0.25, 0.3) is 0 Å². The summed E-state index contributed by atoms with van der Waals surface area (Å²) in [5.74, 6) is 0.198. The van der Waals surface area contributed by atoms with Gasteiger partial charge in [0.05, 0.1) is 0 Å². The van der Waals surface area contributed by atoms with Crippen LogP contribution >= 0.6 is 0 Å². The molecule has 0 saturated heterocycles. The summed E-state index contributed by atoms with van der Waals surface area (Å²) < 4.78 is 0. The number of ketones is 1. The summed E-state index contributed by atoms with van der Waals surface area (Å²) in [5, 5.41) is 0. The second-order valence-corrected chi connectivity index (χ2v) is 5.66. The SMILES string of the molecule is Cc1cc(C)c(C(=O)CCC(C)(C)N)cc1C. The minimum absolute atomic E-state index is 0.198. The molecule has 0 amide bonds. The molecule has 94 valence electrons. The highest BCUT2D eigenvalue weighted by Gasteiger charge is 2.16. The molecule has 0 heterocycles. The first-order valence-electron chi connectivity index (χ1n) is 6.10. The molecule has 2 nitrogen and oxygen atoms in total. The van der Waals surface area contributed by atoms with Gasteiger partial charge < -0.3 is 5.73 Å². The van der Waals surface area contributed by atoms with Gasteiger partial charge in [-0.3, -0.25) is 4.79 Å². The molecular formula is C15H23NO. The van der Waals surface area contributed by atoms with E-state index < -0.39 is 0 Å². The van der Waals surface area contributed by atoms with Crippen LogP contribution in [-0.2, 0) is 0 Å². The van der Waals surface area contributed by atoms with Crippen LogP contribution in [0.1, 0.15) is 53.7 Å². The van der Waals surface area contributed by atoms with Crippen molar-refractivity contribution in [2.24, 2.45) is 5.73 Å². The molecule has 0 unspecified atom stereocenters. The number of carbonyl (C=O) groups is 1. The number of carbonyl (C=O) groups excluding carboxylic acids is 1. The quantitative estimate of drug-likeness (QED) is 0.811. The standard InChI is InChI=1S/C15H23NO/c1-10-8-12(3)13(9-11(10)2)14(17)6-7-15(4,5)16/h8-9H,6-7,16H2,1-5H3. The number of Topliss-reactive ketones (excluding diaryl/α,β-unsaturated/α-hetero) is 1. The highest BCUT2D eigenvalue weighted by Crippen LogP contribution is 2.19. The Bertz CT molecular complexity index is 427. The van der Waals surface area contributed by atoms with Gasteiger partial charge >= 0.3 is 0 Å². The Kier molecular flexibility index (Phi) is 4.10. The van der Waals surface area contributed by atoms with E-state index in [9.17, 15) is 4.79 Å². The van der Waals surface area contributed by atoms with Crippen LogP contribution in [0.3, 0.4) is 0 Å². The van der Waals surface area contributed by atoms with Gasteiger partial charge in [0.15, 0.2) is 5.78 Å². The molecule has 0 bridgehead atoms. The van der Waals surface area contributed by atoms with Crippen molar-refractivity contribution in [1.29, 1.82) is 0 Å². The highest BCUT2D eigenvalue weighted by molar-refractivity contribution is 5.97. The normalized spacial score (nSPS) is 11.6. The Balaban J connectivity index is 2.86. The van der Waals surface area contributed by atoms with Crippen LogP contribution in [0.15, 0.2) is 12.1 Å². The summed E-state index contributed by atoms with van der Waals surface area (Å²) in [6.45, 7) is 10.0. The molecule has 0 aliphatic carbocycles. The molecule has 1 aromatic rings. The van der Waals surface area contributed by atoms with E-state index in [0.717, 1.165) is 17.5 Å². The predicted octanol–water partition coefficient (Wildman–Crippen LogP) is 3.31. The maximum atomic E-state index is 12.1. The lowest BCUT2D eigenvalue weighted by atomic mass is 9.92. The van der Waals surface area contributed by atoms with Gasteiger partial charge in [0.1, 0.15) is 0 Å². The van der Waals surface area contributed by atoms with Crippen molar-refractivity contribution in [3.8, 4) is 0 Å². The Labute approximate surface area is 104 Å². The van der Waals surface area contributed by atoms with Gasteiger partial charge in [0.2, 0.25) is 0 Å². The summed E-state index contributed by atoms with van der Waals surface area (Å²) >= 11 is 0. The van der Waals surface area contributed by atoms with E-state index >= 15 is 0 Å². The second kappa shape index (κ2) is 5.01. The number of hydrogen-bond donors (Lipinski definition) is 1. The third-order valence-corrected chi connectivity index (χ3v) is 3.14. The zero-order chi connectivity index (χ0) is 13.2. The topological polar surface area (TPSA) is 43.1 Å². The van der Waals surface area contributed by atoms with E-state index in [0.29, 0.717) is 6.42 Å². The molecule has 0 aliphatic rings. The molecule has 0 saturated carbocycles. The Morgan fingerprint density at radius 1 is 1.12 bits per heavy atom. The lowest BCUT2D eigenvalue weighted by Gasteiger charge is -2.18. The highest BCUT2D eigenvalue weighted by atomic mass is 16.1. The van der Waals surface area contributed by atoms with E-state index in [1.165, 1.54) is 11.1 Å². The number of hydrogen-bond acceptors (Lipinski definition) is 2. The zero-order valence-electron chi connectivity index (χ0n) is 11.6. The molecule has 0 atom stereocenters. The number of rotatable bonds is 4. The lowest BCUT2D eigenvalue weighted by Crippen LogP contribution is -2.32. The fourth-order valence-electron chi connectivity index (χ4n) is 1.83. The van der Waals surface area contributed by atoms with Crippen molar-refractivity contribution in [1.82, 2.24) is 0 Å². The first-order chi connectivity index (χ1) is 7.70. The maximum absolute atomic E-state index is 12.1. The first-order valence-corrected chi connectivity index (χ1v) is 6.10. The van der Waals surface area contributed by atoms with E-state index in [1.807, 2.05) is 33.8 Å². The van der Waals surface area contributed by atoms with Crippen molar-refractivity contribution in [3.05, 3.63) is 34.4 Å². The third-order valence-electron chi connectivity index (χ3n) is 3.14. The van der Waals surface area contributed by atoms with E-state index in [-0.39, 0.29) is 11.3 Å². The average Bonchev–Trinajstić information content (AvgIpc) is 2.19. The van der Waals surface area contributed by atoms with Gasteiger partial charge in [-0.15, -0.1) is 0 Å². The Morgan fingerprint density at radius 3 is 2.18 bits per heavy atom. The van der Waals surface area contributed by atoms with Crippen molar-refractivity contribution in [2.75, 3.05) is 0 Å². The van der Waals surface area contributed by atoms with Crippen LogP contribution in [0.5, 0.6) is 0 Å². The number of aryl methyl sites for hydroxylation is 3. The lowest BCUT2D eigenvalue weighted by molar-refractivity contribution is 0.0972. The van der Waals surface area contributed by atoms with E-state index in [1.54, 1.807) is 0 Å². The summed E-state index contributed by atoms with van der Waals surface area (Å²) in [7, 11) is 0. The van der Waals surface area contributed by atoms with Gasteiger partial charge in [-0.1, -0.05) is 6.07 Å². The maximum Gasteiger partial charge on any atom is 0.163 e. The molecule has 1 aromatic carbocycles. The van der Waals surface area contributed by atoms with Crippen molar-refractivity contribution in [2.45, 2.75) is 53.0 Å². The van der Waals surface area contributed by atoms with Gasteiger partial charge in [0, 0.05) is 17.5 Å². The van der Waals surface area contributed by atoms with Crippen LogP contribution in [0.4, 0.5) is 0 Å². The molecule has 0 aliphatic heterocycles. The average molecular weight is 233 g/mol. The minimum atomic E-state index is -0.274. The molecule has 1 rings (SSSR count). The molecule has 0 radical (unpaired) electrons. The molecule has 0 aromatic heterocycles. The van der Waals surface area contributed by atoms with E-state index in [2.05, 4.69) is 13.0 Å². The Hall–Kier alpha value is -1.15. The summed E-state index contributed by atoms with van der Waals surface area (Å²) in [6, 6.07) is 4.08. The van der Waals surface area contributed by atoms with Gasteiger partial charge in [-0.25, -0.2) is 0 Å². The van der Waals surface area contributed by atoms with E-state index in [4.69, 9.17) is 5.73 Å². The minimum Gasteiger partial charge on any atom is -0.326 e. The summed E-state index contributed by atoms with van der Waals surface area (Å²) in [5.41, 5.74) is 9.94. The number of benzene rings is 1. The summed E-state index contributed by atoms with van der Waals surface area (Å²) in [4.78, 5) is 12.1. The monoisotopic (exact) mass is 233 g/mol. The predicted molar refractivity (Wildman–Crippen MR) is 72.5 cm³/mol. The van der Waals surface area contributed by atoms with Crippen LogP contribution in [0.2, 0.25) is 0 Å². The van der Waals surface area contributed by atoms with Gasteiger partial charge in [-0.05, 0) is 63.8 Å². The second-order valence-electron chi connectivity index (χ2n) is 5.66. The first kappa shape index (κ1) is 13.9. The zero-order valence-corrected chi connectivity index (χ0v) is 11.6. The smallest absolute Gasteiger partial charge is 0.163 e. The molecule has 0 fully saturated rings. The molecule has 0 spiro atoms. The van der Waals surface area contributed by atoms with Crippen molar-refractivity contribution < 1.29 is 4.79 Å². The molecule has 17 heavy (non-hydrogen) atoms. The van der Waals surface area contributed by atoms with Gasteiger partial charge in [-0.2, -0.15) is 0 Å². The molecule has 2 N–H and O–H groups in total. The third kappa shape index (κ3) is 3.97. The summed E-state index contributed by atoms with van der Waals surface area (Å²) in [6.07, 6.45) is 1.24. The van der Waals surface area contributed by atoms with Crippen LogP contribution in [-0.4, -0.2) is 11.3 Å². The fourth-order valence-corrected chi connectivity index (χ4v) is 1.83. The molecule has 2 heteroatoms. The largest absolute Gasteiger partial charge is 0.326 e. The van der Waals surface area contributed by atoms with Crippen LogP contribution < -0.4 is 5.73 Å². The number of nitrogens with two attached hydrogens (primary N) is 1. The Morgan fingerprint density at radius 2 is 1.65 bits per heavy atom. The van der Waals surface area contributed by atoms with Crippen molar-refractivity contribution >= 4 is 5.78 Å².